The first kappa shape index (κ1) is 61.4. The topological polar surface area (TPSA) is 78.9 Å². The highest BCUT2D eigenvalue weighted by Crippen LogP contribution is 2.18. The molecule has 1 atom stereocenters. The predicted molar refractivity (Wildman–Crippen MR) is 270 cm³/mol. The molecule has 0 spiro atoms. The standard InChI is InChI=1S/C57H110O6/c1-6-7-8-9-10-11-20-27-32-37-42-47-55(58)61-50-54(63-57(60)49-44-39-34-29-24-19-18-22-26-31-36-41-46-53(4)5)51-62-56(59)48-43-38-33-28-23-17-15-13-12-14-16-21-25-30-35-40-45-52(2)3/h52-54H,6-51H2,1-5H3/t54-/m0/s1. The molecule has 0 saturated carbocycles. The smallest absolute Gasteiger partial charge is 0.306 e. The van der Waals surface area contributed by atoms with Crippen molar-refractivity contribution in [1.29, 1.82) is 0 Å². The van der Waals surface area contributed by atoms with Crippen LogP contribution in [0.4, 0.5) is 0 Å². The molecule has 0 aliphatic carbocycles. The van der Waals surface area contributed by atoms with Gasteiger partial charge in [0.2, 0.25) is 0 Å². The molecule has 6 nitrogen and oxygen atoms in total. The second kappa shape index (κ2) is 49.8. The third-order valence-electron chi connectivity index (χ3n) is 13.0. The minimum Gasteiger partial charge on any atom is -0.462 e. The van der Waals surface area contributed by atoms with Gasteiger partial charge in [-0.15, -0.1) is 0 Å². The Labute approximate surface area is 393 Å². The first-order valence-corrected chi connectivity index (χ1v) is 28.2. The van der Waals surface area contributed by atoms with Gasteiger partial charge in [0, 0.05) is 19.3 Å². The second-order valence-corrected chi connectivity index (χ2v) is 20.5. The van der Waals surface area contributed by atoms with Crippen LogP contribution < -0.4 is 0 Å². The fourth-order valence-corrected chi connectivity index (χ4v) is 8.70. The van der Waals surface area contributed by atoms with Crippen LogP contribution in [0.2, 0.25) is 0 Å². The Hall–Kier alpha value is -1.59. The zero-order valence-corrected chi connectivity index (χ0v) is 43.2. The summed E-state index contributed by atoms with van der Waals surface area (Å²) in [5.74, 6) is 0.843. The number of hydrogen-bond donors (Lipinski definition) is 0. The van der Waals surface area contributed by atoms with E-state index in [4.69, 9.17) is 14.2 Å². The summed E-state index contributed by atoms with van der Waals surface area (Å²) in [6.45, 7) is 11.4. The molecule has 0 N–H and O–H groups in total. The van der Waals surface area contributed by atoms with E-state index in [0.29, 0.717) is 19.3 Å². The van der Waals surface area contributed by atoms with Crippen molar-refractivity contribution in [1.82, 2.24) is 0 Å². The van der Waals surface area contributed by atoms with Gasteiger partial charge in [-0.2, -0.15) is 0 Å². The Bertz CT molecular complexity index is 962. The van der Waals surface area contributed by atoms with E-state index in [2.05, 4.69) is 34.6 Å². The van der Waals surface area contributed by atoms with Crippen molar-refractivity contribution in [2.75, 3.05) is 13.2 Å². The summed E-state index contributed by atoms with van der Waals surface area (Å²) >= 11 is 0. The highest BCUT2D eigenvalue weighted by molar-refractivity contribution is 5.71. The van der Waals surface area contributed by atoms with Crippen LogP contribution in [-0.2, 0) is 28.6 Å². The van der Waals surface area contributed by atoms with Gasteiger partial charge in [-0.1, -0.05) is 279 Å². The van der Waals surface area contributed by atoms with E-state index < -0.39 is 6.10 Å². The maximum absolute atomic E-state index is 12.8. The lowest BCUT2D eigenvalue weighted by Crippen LogP contribution is -2.30. The van der Waals surface area contributed by atoms with Crippen molar-refractivity contribution in [3.05, 3.63) is 0 Å². The van der Waals surface area contributed by atoms with Crippen LogP contribution in [0, 0.1) is 11.8 Å². The third kappa shape index (κ3) is 51.3. The van der Waals surface area contributed by atoms with Gasteiger partial charge in [0.05, 0.1) is 0 Å². The fraction of sp³-hybridized carbons (Fsp3) is 0.947. The molecule has 6 heteroatoms. The molecule has 0 aliphatic rings. The number of carbonyl (C=O) groups is 3. The lowest BCUT2D eigenvalue weighted by Gasteiger charge is -2.18. The molecule has 0 unspecified atom stereocenters. The summed E-state index contributed by atoms with van der Waals surface area (Å²) in [5, 5.41) is 0. The van der Waals surface area contributed by atoms with Gasteiger partial charge in [-0.05, 0) is 31.1 Å². The summed E-state index contributed by atoms with van der Waals surface area (Å²) in [6.07, 6.45) is 52.3. The molecule has 0 heterocycles. The fourth-order valence-electron chi connectivity index (χ4n) is 8.70. The summed E-state index contributed by atoms with van der Waals surface area (Å²) in [6, 6.07) is 0. The van der Waals surface area contributed by atoms with Gasteiger partial charge in [0.25, 0.3) is 0 Å². The number of esters is 3. The van der Waals surface area contributed by atoms with Crippen molar-refractivity contribution in [3.63, 3.8) is 0 Å². The maximum atomic E-state index is 12.8. The molecule has 0 radical (unpaired) electrons. The van der Waals surface area contributed by atoms with E-state index in [1.165, 1.54) is 205 Å². The number of ether oxygens (including phenoxy) is 3. The summed E-state index contributed by atoms with van der Waals surface area (Å²) < 4.78 is 16.9. The monoisotopic (exact) mass is 891 g/mol. The van der Waals surface area contributed by atoms with Gasteiger partial charge >= 0.3 is 17.9 Å². The average Bonchev–Trinajstić information content (AvgIpc) is 3.25. The average molecular weight is 892 g/mol. The molecule has 374 valence electrons. The largest absolute Gasteiger partial charge is 0.462 e. The molecule has 0 bridgehead atoms. The van der Waals surface area contributed by atoms with Crippen molar-refractivity contribution in [2.45, 2.75) is 323 Å². The van der Waals surface area contributed by atoms with Crippen LogP contribution in [0.25, 0.3) is 0 Å². The SMILES string of the molecule is CCCCCCCCCCCCCC(=O)OC[C@@H](COC(=O)CCCCCCCCCCCCCCCCCCC(C)C)OC(=O)CCCCCCCCCCCCCCC(C)C. The maximum Gasteiger partial charge on any atom is 0.306 e. The summed E-state index contributed by atoms with van der Waals surface area (Å²) in [4.78, 5) is 38.0. The minimum atomic E-state index is -0.762. The Balaban J connectivity index is 4.25. The van der Waals surface area contributed by atoms with Crippen LogP contribution in [0.3, 0.4) is 0 Å². The summed E-state index contributed by atoms with van der Waals surface area (Å²) in [7, 11) is 0. The number of unbranched alkanes of at least 4 members (excludes halogenated alkanes) is 36. The molecular weight excluding hydrogens is 781 g/mol. The normalized spacial score (nSPS) is 12.0. The predicted octanol–water partition coefficient (Wildman–Crippen LogP) is 18.5. The lowest BCUT2D eigenvalue weighted by molar-refractivity contribution is -0.167. The molecule has 0 aromatic carbocycles. The van der Waals surface area contributed by atoms with E-state index in [1.54, 1.807) is 0 Å². The molecule has 0 saturated heterocycles. The highest BCUT2D eigenvalue weighted by Gasteiger charge is 2.19. The van der Waals surface area contributed by atoms with Gasteiger partial charge in [0.1, 0.15) is 13.2 Å². The Kier molecular flexibility index (Phi) is 48.6. The van der Waals surface area contributed by atoms with E-state index in [9.17, 15) is 14.4 Å². The first-order valence-electron chi connectivity index (χ1n) is 28.2. The van der Waals surface area contributed by atoms with Crippen LogP contribution in [0.1, 0.15) is 317 Å². The van der Waals surface area contributed by atoms with Gasteiger partial charge in [-0.3, -0.25) is 14.4 Å². The highest BCUT2D eigenvalue weighted by atomic mass is 16.6. The van der Waals surface area contributed by atoms with Crippen LogP contribution >= 0.6 is 0 Å². The molecule has 0 amide bonds. The molecular formula is C57H110O6. The zero-order valence-electron chi connectivity index (χ0n) is 43.2. The van der Waals surface area contributed by atoms with Crippen LogP contribution in [0.5, 0.6) is 0 Å². The van der Waals surface area contributed by atoms with E-state index >= 15 is 0 Å². The molecule has 63 heavy (non-hydrogen) atoms. The van der Waals surface area contributed by atoms with Gasteiger partial charge in [0.15, 0.2) is 6.10 Å². The molecule has 0 aromatic heterocycles. The molecule has 0 aliphatic heterocycles. The second-order valence-electron chi connectivity index (χ2n) is 20.5. The minimum absolute atomic E-state index is 0.0628. The van der Waals surface area contributed by atoms with Crippen molar-refractivity contribution >= 4 is 17.9 Å². The van der Waals surface area contributed by atoms with Crippen LogP contribution in [0.15, 0.2) is 0 Å². The first-order chi connectivity index (χ1) is 30.7. The molecule has 0 fully saturated rings. The molecule has 0 rings (SSSR count). The van der Waals surface area contributed by atoms with E-state index in [-0.39, 0.29) is 31.1 Å². The zero-order chi connectivity index (χ0) is 46.1. The number of hydrogen-bond acceptors (Lipinski definition) is 6. The Morgan fingerprint density at radius 1 is 0.302 bits per heavy atom. The quantitative estimate of drug-likeness (QED) is 0.0344. The number of carbonyl (C=O) groups excluding carboxylic acids is 3. The van der Waals surface area contributed by atoms with Crippen molar-refractivity contribution in [2.24, 2.45) is 11.8 Å². The third-order valence-corrected chi connectivity index (χ3v) is 13.0. The van der Waals surface area contributed by atoms with Crippen molar-refractivity contribution < 1.29 is 28.6 Å². The van der Waals surface area contributed by atoms with Crippen LogP contribution in [-0.4, -0.2) is 37.2 Å². The van der Waals surface area contributed by atoms with Crippen molar-refractivity contribution in [3.8, 4) is 0 Å². The van der Waals surface area contributed by atoms with Gasteiger partial charge in [-0.25, -0.2) is 0 Å². The Morgan fingerprint density at radius 2 is 0.524 bits per heavy atom. The number of rotatable bonds is 51. The van der Waals surface area contributed by atoms with E-state index in [1.807, 2.05) is 0 Å². The lowest BCUT2D eigenvalue weighted by atomic mass is 10.0. The Morgan fingerprint density at radius 3 is 0.778 bits per heavy atom. The van der Waals surface area contributed by atoms with Gasteiger partial charge < -0.3 is 14.2 Å². The summed E-state index contributed by atoms with van der Waals surface area (Å²) in [5.41, 5.74) is 0. The van der Waals surface area contributed by atoms with E-state index in [0.717, 1.165) is 69.6 Å². The molecule has 0 aromatic rings.